The minimum absolute atomic E-state index is 0.302. The molecule has 0 aliphatic rings. The summed E-state index contributed by atoms with van der Waals surface area (Å²) in [6.07, 6.45) is 0.722. The Balaban J connectivity index is 0. The van der Waals surface area contributed by atoms with Gasteiger partial charge >= 0.3 is 5.97 Å². The van der Waals surface area contributed by atoms with Crippen molar-refractivity contribution in [1.29, 1.82) is 0 Å². The number of hydrogen-bond acceptors (Lipinski definition) is 4. The van der Waals surface area contributed by atoms with E-state index < -0.39 is 5.97 Å². The molecule has 0 saturated carbocycles. The van der Waals surface area contributed by atoms with Crippen molar-refractivity contribution < 1.29 is 23.9 Å². The Morgan fingerprint density at radius 3 is 2.00 bits per heavy atom. The van der Waals surface area contributed by atoms with Crippen LogP contribution in [0, 0.1) is 0 Å². The number of quaternary nitrogens is 1. The lowest BCUT2D eigenvalue weighted by Gasteiger charge is -2.23. The number of carboxylic acid groups (broad SMARTS) is 1. The molecule has 0 aliphatic heterocycles. The van der Waals surface area contributed by atoms with E-state index in [9.17, 15) is 4.79 Å². The summed E-state index contributed by atoms with van der Waals surface area (Å²) >= 11 is 0. The minimum Gasteiger partial charge on any atom is -0.545 e. The summed E-state index contributed by atoms with van der Waals surface area (Å²) in [4.78, 5) is 20.0. The largest absolute Gasteiger partial charge is 0.545 e. The molecule has 5 heteroatoms. The van der Waals surface area contributed by atoms with Crippen molar-refractivity contribution in [2.75, 3.05) is 34.3 Å². The van der Waals surface area contributed by atoms with Crippen molar-refractivity contribution in [3.8, 4) is 0 Å². The van der Waals surface area contributed by atoms with Gasteiger partial charge in [0, 0.05) is 5.57 Å². The number of carbonyl (C=O) groups is 2. The van der Waals surface area contributed by atoms with Crippen molar-refractivity contribution in [2.24, 2.45) is 0 Å². The highest BCUT2D eigenvalue weighted by molar-refractivity contribution is 5.86. The third-order valence-corrected chi connectivity index (χ3v) is 1.51. The average molecular weight is 243 g/mol. The summed E-state index contributed by atoms with van der Waals surface area (Å²) in [5.41, 5.74) is 0.455. The maximum absolute atomic E-state index is 10.9. The van der Waals surface area contributed by atoms with Crippen LogP contribution in [-0.4, -0.2) is 50.7 Å². The van der Waals surface area contributed by atoms with Crippen molar-refractivity contribution in [3.63, 3.8) is 0 Å². The number of carbonyl (C=O) groups excluding carboxylic acids is 2. The molecule has 0 N–H and O–H groups in total. The molecule has 5 nitrogen and oxygen atoms in total. The standard InChI is InChI=1S/C9H18NO2.C3H4O2/c1-8(2)9(11)12-7-6-10(3,4)5;1-2-3(4)5/h1,6-7H2,2-5H3;2H,1H2,(H,4,5)/q+1;/p-1. The Labute approximate surface area is 103 Å². The summed E-state index contributed by atoms with van der Waals surface area (Å²) in [6, 6.07) is 0. The lowest BCUT2D eigenvalue weighted by molar-refractivity contribution is -0.870. The van der Waals surface area contributed by atoms with Gasteiger partial charge in [0.1, 0.15) is 13.2 Å². The molecule has 0 radical (unpaired) electrons. The average Bonchev–Trinajstić information content (AvgIpc) is 2.16. The SMILES string of the molecule is C=C(C)C(=O)OCC[N+](C)(C)C.C=CC(=O)[O-]. The molecule has 0 aromatic carbocycles. The third kappa shape index (κ3) is 17.0. The summed E-state index contributed by atoms with van der Waals surface area (Å²) in [6.45, 7) is 9.31. The molecule has 0 bridgehead atoms. The number of nitrogens with zero attached hydrogens (tertiary/aromatic N) is 1. The Morgan fingerprint density at radius 2 is 1.76 bits per heavy atom. The van der Waals surface area contributed by atoms with Crippen LogP contribution in [0.5, 0.6) is 0 Å². The molecule has 0 spiro atoms. The van der Waals surface area contributed by atoms with Crippen LogP contribution in [0.15, 0.2) is 24.8 Å². The highest BCUT2D eigenvalue weighted by atomic mass is 16.5. The Morgan fingerprint density at radius 1 is 1.35 bits per heavy atom. The molecule has 0 aromatic heterocycles. The fourth-order valence-electron chi connectivity index (χ4n) is 0.535. The number of esters is 1. The second-order valence-corrected chi connectivity index (χ2v) is 4.45. The topological polar surface area (TPSA) is 66.4 Å². The first-order chi connectivity index (χ1) is 7.60. The maximum atomic E-state index is 10.9. The molecule has 0 aromatic rings. The molecule has 0 fully saturated rings. The molecule has 0 unspecified atom stereocenters. The highest BCUT2D eigenvalue weighted by Crippen LogP contribution is 1.94. The van der Waals surface area contributed by atoms with E-state index in [4.69, 9.17) is 14.6 Å². The maximum Gasteiger partial charge on any atom is 0.333 e. The Bertz CT molecular complexity index is 289. The second-order valence-electron chi connectivity index (χ2n) is 4.45. The molecule has 0 aliphatic carbocycles. The number of likely N-dealkylation sites (N-methyl/N-ethyl adjacent to an activating group) is 1. The van der Waals surface area contributed by atoms with Gasteiger partial charge in [0.05, 0.1) is 27.1 Å². The van der Waals surface area contributed by atoms with Gasteiger partial charge in [-0.2, -0.15) is 0 Å². The lowest BCUT2D eigenvalue weighted by atomic mass is 10.4. The summed E-state index contributed by atoms with van der Waals surface area (Å²) in [5, 5.41) is 9.14. The normalized spacial score (nSPS) is 9.65. The molecule has 0 heterocycles. The number of aliphatic carboxylic acids is 1. The molecular formula is C12H21NO4. The van der Waals surface area contributed by atoms with E-state index in [-0.39, 0.29) is 5.97 Å². The molecular weight excluding hydrogens is 222 g/mol. The zero-order valence-corrected chi connectivity index (χ0v) is 11.0. The van der Waals surface area contributed by atoms with Gasteiger partial charge in [-0.05, 0) is 13.0 Å². The first-order valence-electron chi connectivity index (χ1n) is 5.06. The number of rotatable bonds is 5. The van der Waals surface area contributed by atoms with E-state index in [1.165, 1.54) is 0 Å². The van der Waals surface area contributed by atoms with Gasteiger partial charge in [-0.15, -0.1) is 0 Å². The molecule has 17 heavy (non-hydrogen) atoms. The van der Waals surface area contributed by atoms with Gasteiger partial charge in [0.25, 0.3) is 0 Å². The van der Waals surface area contributed by atoms with Gasteiger partial charge in [0.15, 0.2) is 0 Å². The molecule has 0 amide bonds. The highest BCUT2D eigenvalue weighted by Gasteiger charge is 2.09. The van der Waals surface area contributed by atoms with Crippen LogP contribution >= 0.6 is 0 Å². The van der Waals surface area contributed by atoms with Crippen LogP contribution in [0.2, 0.25) is 0 Å². The monoisotopic (exact) mass is 243 g/mol. The summed E-state index contributed by atoms with van der Waals surface area (Å²) in [7, 11) is 6.15. The zero-order chi connectivity index (χ0) is 14.1. The fourth-order valence-corrected chi connectivity index (χ4v) is 0.535. The van der Waals surface area contributed by atoms with E-state index in [0.29, 0.717) is 12.2 Å². The van der Waals surface area contributed by atoms with Crippen LogP contribution in [-0.2, 0) is 14.3 Å². The third-order valence-electron chi connectivity index (χ3n) is 1.51. The van der Waals surface area contributed by atoms with Crippen molar-refractivity contribution in [2.45, 2.75) is 6.92 Å². The number of hydrogen-bond donors (Lipinski definition) is 0. The van der Waals surface area contributed by atoms with E-state index >= 15 is 0 Å². The van der Waals surface area contributed by atoms with Gasteiger partial charge in [-0.25, -0.2) is 4.79 Å². The van der Waals surface area contributed by atoms with Crippen LogP contribution in [0.3, 0.4) is 0 Å². The van der Waals surface area contributed by atoms with Crippen molar-refractivity contribution in [3.05, 3.63) is 24.8 Å². The smallest absolute Gasteiger partial charge is 0.333 e. The first-order valence-corrected chi connectivity index (χ1v) is 5.06. The van der Waals surface area contributed by atoms with Gasteiger partial charge in [-0.1, -0.05) is 13.2 Å². The Hall–Kier alpha value is -1.62. The van der Waals surface area contributed by atoms with Crippen LogP contribution < -0.4 is 5.11 Å². The molecule has 0 atom stereocenters. The van der Waals surface area contributed by atoms with E-state index in [2.05, 4.69) is 34.3 Å². The van der Waals surface area contributed by atoms with Gasteiger partial charge in [0.2, 0.25) is 0 Å². The van der Waals surface area contributed by atoms with Crippen molar-refractivity contribution in [1.82, 2.24) is 0 Å². The van der Waals surface area contributed by atoms with Gasteiger partial charge in [-0.3, -0.25) is 0 Å². The Kier molecular flexibility index (Phi) is 8.91. The molecule has 98 valence electrons. The molecule has 0 saturated heterocycles. The zero-order valence-electron chi connectivity index (χ0n) is 11.0. The van der Waals surface area contributed by atoms with Crippen molar-refractivity contribution >= 4 is 11.9 Å². The van der Waals surface area contributed by atoms with E-state index in [0.717, 1.165) is 17.1 Å². The fraction of sp³-hybridized carbons (Fsp3) is 0.500. The molecule has 0 rings (SSSR count). The quantitative estimate of drug-likeness (QED) is 0.379. The second kappa shape index (κ2) is 8.52. The summed E-state index contributed by atoms with van der Waals surface area (Å²) in [5.74, 6) is -1.53. The summed E-state index contributed by atoms with van der Waals surface area (Å²) < 4.78 is 5.72. The number of carboxylic acids is 1. The predicted molar refractivity (Wildman–Crippen MR) is 63.9 cm³/mol. The minimum atomic E-state index is -1.23. The number of ether oxygens (including phenoxy) is 1. The van der Waals surface area contributed by atoms with E-state index in [1.54, 1.807) is 6.92 Å². The van der Waals surface area contributed by atoms with Gasteiger partial charge < -0.3 is 19.1 Å². The van der Waals surface area contributed by atoms with Crippen LogP contribution in [0.25, 0.3) is 0 Å². The van der Waals surface area contributed by atoms with Crippen LogP contribution in [0.1, 0.15) is 6.92 Å². The predicted octanol–water partition coefficient (Wildman–Crippen LogP) is -0.266. The lowest BCUT2D eigenvalue weighted by Crippen LogP contribution is -2.38. The van der Waals surface area contributed by atoms with Crippen LogP contribution in [0.4, 0.5) is 0 Å². The van der Waals surface area contributed by atoms with E-state index in [1.807, 2.05) is 0 Å². The first kappa shape index (κ1) is 17.8.